The SMILES string of the molecule is CO[C@@H]1CCC[C@]12CCCN(C(=O)Cn1c(=O)oc3ccccc31)C2. The average Bonchev–Trinajstić information content (AvgIpc) is 3.15. The van der Waals surface area contributed by atoms with Crippen molar-refractivity contribution in [2.45, 2.75) is 44.8 Å². The minimum absolute atomic E-state index is 0.0190. The van der Waals surface area contributed by atoms with Crippen LogP contribution in [0.3, 0.4) is 0 Å². The molecule has 6 nitrogen and oxygen atoms in total. The Morgan fingerprint density at radius 2 is 2.12 bits per heavy atom. The summed E-state index contributed by atoms with van der Waals surface area (Å²) in [5, 5.41) is 0. The van der Waals surface area contributed by atoms with Crippen molar-refractivity contribution in [2.75, 3.05) is 20.2 Å². The second-order valence-corrected chi connectivity index (χ2v) is 7.32. The zero-order valence-electron chi connectivity index (χ0n) is 14.6. The first-order valence-corrected chi connectivity index (χ1v) is 9.02. The van der Waals surface area contributed by atoms with Crippen LogP contribution in [0.4, 0.5) is 0 Å². The molecule has 0 unspecified atom stereocenters. The Labute approximate surface area is 146 Å². The predicted octanol–water partition coefficient (Wildman–Crippen LogP) is 2.40. The Bertz CT molecular complexity index is 839. The molecule has 2 aromatic rings. The van der Waals surface area contributed by atoms with Crippen LogP contribution in [0.2, 0.25) is 0 Å². The number of para-hydroxylation sites is 2. The van der Waals surface area contributed by atoms with Crippen LogP contribution in [0.5, 0.6) is 0 Å². The molecular formula is C19H24N2O4. The molecule has 1 aliphatic heterocycles. The van der Waals surface area contributed by atoms with Gasteiger partial charge in [0, 0.05) is 25.6 Å². The number of piperidine rings is 1. The number of amides is 1. The number of methoxy groups -OCH3 is 1. The van der Waals surface area contributed by atoms with E-state index in [1.54, 1.807) is 13.2 Å². The van der Waals surface area contributed by atoms with Gasteiger partial charge in [-0.15, -0.1) is 0 Å². The van der Waals surface area contributed by atoms with Gasteiger partial charge in [0.05, 0.1) is 11.6 Å². The van der Waals surface area contributed by atoms with Crippen LogP contribution in [0.1, 0.15) is 32.1 Å². The minimum Gasteiger partial charge on any atom is -0.408 e. The van der Waals surface area contributed by atoms with E-state index in [4.69, 9.17) is 9.15 Å². The van der Waals surface area contributed by atoms with E-state index in [1.807, 2.05) is 23.1 Å². The largest absolute Gasteiger partial charge is 0.420 e. The molecule has 1 saturated heterocycles. The van der Waals surface area contributed by atoms with Crippen LogP contribution >= 0.6 is 0 Å². The van der Waals surface area contributed by atoms with E-state index in [1.165, 1.54) is 4.57 Å². The van der Waals surface area contributed by atoms with Gasteiger partial charge in [-0.2, -0.15) is 0 Å². The minimum atomic E-state index is -0.475. The number of carbonyl (C=O) groups is 1. The summed E-state index contributed by atoms with van der Waals surface area (Å²) < 4.78 is 12.4. The fourth-order valence-corrected chi connectivity index (χ4v) is 4.71. The Hall–Kier alpha value is -2.08. The Morgan fingerprint density at radius 3 is 2.96 bits per heavy atom. The van der Waals surface area contributed by atoms with E-state index < -0.39 is 5.76 Å². The number of aromatic nitrogens is 1. The number of carbonyl (C=O) groups excluding carboxylic acids is 1. The lowest BCUT2D eigenvalue weighted by atomic mass is 9.76. The fraction of sp³-hybridized carbons (Fsp3) is 0.579. The number of oxazole rings is 1. The van der Waals surface area contributed by atoms with Crippen LogP contribution in [0.15, 0.2) is 33.5 Å². The van der Waals surface area contributed by atoms with E-state index in [0.717, 1.165) is 45.2 Å². The summed E-state index contributed by atoms with van der Waals surface area (Å²) in [7, 11) is 1.77. The molecule has 1 aromatic heterocycles. The highest BCUT2D eigenvalue weighted by molar-refractivity contribution is 5.79. The second kappa shape index (κ2) is 6.33. The molecule has 2 heterocycles. The monoisotopic (exact) mass is 344 g/mol. The van der Waals surface area contributed by atoms with Crippen molar-refractivity contribution in [3.05, 3.63) is 34.8 Å². The van der Waals surface area contributed by atoms with Crippen molar-refractivity contribution in [1.82, 2.24) is 9.47 Å². The summed E-state index contributed by atoms with van der Waals surface area (Å²) in [6.07, 6.45) is 5.69. The van der Waals surface area contributed by atoms with E-state index in [-0.39, 0.29) is 24.0 Å². The first kappa shape index (κ1) is 16.4. The van der Waals surface area contributed by atoms with Gasteiger partial charge < -0.3 is 14.1 Å². The molecule has 1 amide bonds. The lowest BCUT2D eigenvalue weighted by molar-refractivity contribution is -0.138. The molecule has 4 rings (SSSR count). The Morgan fingerprint density at radius 1 is 1.32 bits per heavy atom. The first-order valence-electron chi connectivity index (χ1n) is 9.02. The van der Waals surface area contributed by atoms with Crippen LogP contribution in [-0.2, 0) is 16.1 Å². The molecule has 6 heteroatoms. The van der Waals surface area contributed by atoms with Crippen molar-refractivity contribution in [1.29, 1.82) is 0 Å². The highest BCUT2D eigenvalue weighted by atomic mass is 16.5. The summed E-state index contributed by atoms with van der Waals surface area (Å²) in [6, 6.07) is 7.21. The second-order valence-electron chi connectivity index (χ2n) is 7.32. The van der Waals surface area contributed by atoms with Crippen molar-refractivity contribution < 1.29 is 13.9 Å². The summed E-state index contributed by atoms with van der Waals surface area (Å²) in [5.41, 5.74) is 1.28. The topological polar surface area (TPSA) is 64.7 Å². The third kappa shape index (κ3) is 2.78. The predicted molar refractivity (Wildman–Crippen MR) is 93.4 cm³/mol. The molecule has 1 saturated carbocycles. The molecular weight excluding hydrogens is 320 g/mol. The number of ether oxygens (including phenoxy) is 1. The number of fused-ring (bicyclic) bond motifs is 1. The van der Waals surface area contributed by atoms with Crippen LogP contribution in [0.25, 0.3) is 11.1 Å². The molecule has 1 spiro atoms. The zero-order valence-corrected chi connectivity index (χ0v) is 14.6. The molecule has 2 aliphatic rings. The van der Waals surface area contributed by atoms with E-state index in [2.05, 4.69) is 0 Å². The zero-order chi connectivity index (χ0) is 17.4. The van der Waals surface area contributed by atoms with Crippen molar-refractivity contribution in [2.24, 2.45) is 5.41 Å². The van der Waals surface area contributed by atoms with E-state index >= 15 is 0 Å². The maximum atomic E-state index is 12.9. The number of hydrogen-bond acceptors (Lipinski definition) is 4. The smallest absolute Gasteiger partial charge is 0.408 e. The number of rotatable bonds is 3. The van der Waals surface area contributed by atoms with Crippen LogP contribution in [-0.4, -0.2) is 41.7 Å². The van der Waals surface area contributed by atoms with Crippen molar-refractivity contribution in [3.63, 3.8) is 0 Å². The van der Waals surface area contributed by atoms with E-state index in [0.29, 0.717) is 11.1 Å². The lowest BCUT2D eigenvalue weighted by Gasteiger charge is -2.43. The number of nitrogens with zero attached hydrogens (tertiary/aromatic N) is 2. The standard InChI is InChI=1S/C19H24N2O4/c1-24-16-8-4-9-19(16)10-5-11-20(13-19)17(22)12-21-14-6-2-3-7-15(14)25-18(21)23/h2-3,6-7,16H,4-5,8-13H2,1H3/t16-,19-/m1/s1. The van der Waals surface area contributed by atoms with E-state index in [9.17, 15) is 9.59 Å². The van der Waals surface area contributed by atoms with Gasteiger partial charge >= 0.3 is 5.76 Å². The third-order valence-electron chi connectivity index (χ3n) is 5.94. The van der Waals surface area contributed by atoms with Gasteiger partial charge in [0.15, 0.2) is 5.58 Å². The number of hydrogen-bond donors (Lipinski definition) is 0. The molecule has 134 valence electrons. The molecule has 25 heavy (non-hydrogen) atoms. The molecule has 2 fully saturated rings. The molecule has 0 bridgehead atoms. The average molecular weight is 344 g/mol. The molecule has 0 radical (unpaired) electrons. The van der Waals surface area contributed by atoms with Gasteiger partial charge in [0.25, 0.3) is 0 Å². The molecule has 0 N–H and O–H groups in total. The van der Waals surface area contributed by atoms with Gasteiger partial charge in [0.2, 0.25) is 5.91 Å². The van der Waals surface area contributed by atoms with Gasteiger partial charge in [0.1, 0.15) is 6.54 Å². The highest BCUT2D eigenvalue weighted by Gasteiger charge is 2.46. The fourth-order valence-electron chi connectivity index (χ4n) is 4.71. The van der Waals surface area contributed by atoms with Gasteiger partial charge in [-0.1, -0.05) is 18.6 Å². The summed E-state index contributed by atoms with van der Waals surface area (Å²) in [4.78, 5) is 26.9. The summed E-state index contributed by atoms with van der Waals surface area (Å²) in [6.45, 7) is 1.51. The van der Waals surface area contributed by atoms with Crippen molar-refractivity contribution in [3.8, 4) is 0 Å². The van der Waals surface area contributed by atoms with Gasteiger partial charge in [-0.3, -0.25) is 9.36 Å². The molecule has 1 aromatic carbocycles. The summed E-state index contributed by atoms with van der Waals surface area (Å²) in [5.74, 6) is -0.494. The lowest BCUT2D eigenvalue weighted by Crippen LogP contribution is -2.50. The first-order chi connectivity index (χ1) is 12.1. The van der Waals surface area contributed by atoms with Gasteiger partial charge in [-0.05, 0) is 37.8 Å². The Balaban J connectivity index is 1.55. The normalized spacial score (nSPS) is 26.6. The number of benzene rings is 1. The third-order valence-corrected chi connectivity index (χ3v) is 5.94. The van der Waals surface area contributed by atoms with Crippen LogP contribution < -0.4 is 5.76 Å². The van der Waals surface area contributed by atoms with Crippen LogP contribution in [0, 0.1) is 5.41 Å². The highest BCUT2D eigenvalue weighted by Crippen LogP contribution is 2.46. The molecule has 1 aliphatic carbocycles. The quantitative estimate of drug-likeness (QED) is 0.858. The maximum Gasteiger partial charge on any atom is 0.420 e. The van der Waals surface area contributed by atoms with Gasteiger partial charge in [-0.25, -0.2) is 4.79 Å². The molecule has 2 atom stereocenters. The summed E-state index contributed by atoms with van der Waals surface area (Å²) >= 11 is 0. The Kier molecular flexibility index (Phi) is 4.15. The van der Waals surface area contributed by atoms with Crippen molar-refractivity contribution >= 4 is 17.0 Å². The number of likely N-dealkylation sites (tertiary alicyclic amines) is 1. The maximum absolute atomic E-state index is 12.9.